The summed E-state index contributed by atoms with van der Waals surface area (Å²) in [7, 11) is 0. The van der Waals surface area contributed by atoms with E-state index in [9.17, 15) is 0 Å². The Morgan fingerprint density at radius 3 is 2.69 bits per heavy atom. The van der Waals surface area contributed by atoms with Crippen LogP contribution in [0.5, 0.6) is 0 Å². The van der Waals surface area contributed by atoms with E-state index in [4.69, 9.17) is 5.73 Å². The van der Waals surface area contributed by atoms with Crippen LogP contribution < -0.4 is 5.73 Å². The van der Waals surface area contributed by atoms with Crippen molar-refractivity contribution in [1.82, 2.24) is 20.2 Å². The summed E-state index contributed by atoms with van der Waals surface area (Å²) in [5, 5.41) is 12.3. The zero-order valence-corrected chi connectivity index (χ0v) is 9.08. The van der Waals surface area contributed by atoms with Crippen LogP contribution in [0, 0.1) is 0 Å². The maximum absolute atomic E-state index is 5.43. The first-order chi connectivity index (χ1) is 7.90. The number of aryl methyl sites for hydroxylation is 1. The molecule has 2 N–H and O–H groups in total. The van der Waals surface area contributed by atoms with Crippen molar-refractivity contribution in [2.45, 2.75) is 19.3 Å². The number of para-hydroxylation sites is 1. The highest BCUT2D eigenvalue weighted by Crippen LogP contribution is 2.03. The Balaban J connectivity index is 2.02. The second-order valence-electron chi connectivity index (χ2n) is 3.58. The molecule has 0 radical (unpaired) electrons. The van der Waals surface area contributed by atoms with E-state index in [2.05, 4.69) is 15.4 Å². The Morgan fingerprint density at radius 2 is 1.94 bits per heavy atom. The fourth-order valence-electron chi connectivity index (χ4n) is 1.44. The Morgan fingerprint density at radius 1 is 1.12 bits per heavy atom. The van der Waals surface area contributed by atoms with Crippen molar-refractivity contribution in [3.8, 4) is 5.69 Å². The van der Waals surface area contributed by atoms with E-state index in [-0.39, 0.29) is 0 Å². The van der Waals surface area contributed by atoms with Crippen LogP contribution in [0.1, 0.15) is 18.7 Å². The predicted octanol–water partition coefficient (Wildman–Crippen LogP) is 0.944. The molecule has 0 saturated carbocycles. The summed E-state index contributed by atoms with van der Waals surface area (Å²) < 4.78 is 0. The molecule has 1 heterocycles. The predicted molar refractivity (Wildman–Crippen MR) is 61.1 cm³/mol. The molecule has 0 unspecified atom stereocenters. The van der Waals surface area contributed by atoms with Gasteiger partial charge in [0.15, 0.2) is 5.82 Å². The topological polar surface area (TPSA) is 69.6 Å². The molecule has 2 rings (SSSR count). The van der Waals surface area contributed by atoms with E-state index in [1.807, 2.05) is 30.3 Å². The quantitative estimate of drug-likeness (QED) is 0.757. The Hall–Kier alpha value is -1.75. The monoisotopic (exact) mass is 217 g/mol. The molecular weight excluding hydrogens is 202 g/mol. The summed E-state index contributed by atoms with van der Waals surface area (Å²) in [6.07, 6.45) is 2.85. The van der Waals surface area contributed by atoms with Crippen LogP contribution in [0.2, 0.25) is 0 Å². The lowest BCUT2D eigenvalue weighted by molar-refractivity contribution is 0.702. The molecule has 1 aromatic carbocycles. The van der Waals surface area contributed by atoms with Gasteiger partial charge in [-0.1, -0.05) is 18.2 Å². The summed E-state index contributed by atoms with van der Waals surface area (Å²) >= 11 is 0. The molecule has 84 valence electrons. The largest absolute Gasteiger partial charge is 0.330 e. The third-order valence-electron chi connectivity index (χ3n) is 2.30. The lowest BCUT2D eigenvalue weighted by atomic mass is 10.2. The van der Waals surface area contributed by atoms with Gasteiger partial charge in [0, 0.05) is 6.42 Å². The van der Waals surface area contributed by atoms with Gasteiger partial charge >= 0.3 is 0 Å². The van der Waals surface area contributed by atoms with Crippen LogP contribution in [0.4, 0.5) is 0 Å². The number of tetrazole rings is 1. The van der Waals surface area contributed by atoms with Crippen LogP contribution in [-0.4, -0.2) is 26.8 Å². The van der Waals surface area contributed by atoms with Gasteiger partial charge in [0.2, 0.25) is 0 Å². The van der Waals surface area contributed by atoms with Crippen molar-refractivity contribution in [3.05, 3.63) is 36.2 Å². The molecule has 0 saturated heterocycles. The minimum Gasteiger partial charge on any atom is -0.330 e. The lowest BCUT2D eigenvalue weighted by Gasteiger charge is -1.95. The van der Waals surface area contributed by atoms with Crippen molar-refractivity contribution in [1.29, 1.82) is 0 Å². The maximum Gasteiger partial charge on any atom is 0.175 e. The number of aromatic nitrogens is 4. The number of hydrogen-bond acceptors (Lipinski definition) is 4. The van der Waals surface area contributed by atoms with Crippen LogP contribution in [0.25, 0.3) is 5.69 Å². The van der Waals surface area contributed by atoms with Gasteiger partial charge in [0.25, 0.3) is 0 Å². The van der Waals surface area contributed by atoms with Crippen LogP contribution >= 0.6 is 0 Å². The van der Waals surface area contributed by atoms with Crippen LogP contribution in [0.3, 0.4) is 0 Å². The fourth-order valence-corrected chi connectivity index (χ4v) is 1.44. The fraction of sp³-hybridized carbons (Fsp3) is 0.364. The highest BCUT2D eigenvalue weighted by Gasteiger charge is 2.03. The van der Waals surface area contributed by atoms with Crippen molar-refractivity contribution in [2.75, 3.05) is 6.54 Å². The van der Waals surface area contributed by atoms with Gasteiger partial charge < -0.3 is 5.73 Å². The Labute approximate surface area is 94.3 Å². The normalized spacial score (nSPS) is 10.6. The van der Waals surface area contributed by atoms with Gasteiger partial charge in [-0.15, -0.1) is 15.0 Å². The highest BCUT2D eigenvalue weighted by molar-refractivity contribution is 5.27. The van der Waals surface area contributed by atoms with Gasteiger partial charge in [0.05, 0.1) is 5.69 Å². The van der Waals surface area contributed by atoms with Crippen molar-refractivity contribution in [3.63, 3.8) is 0 Å². The van der Waals surface area contributed by atoms with Crippen molar-refractivity contribution >= 4 is 0 Å². The summed E-state index contributed by atoms with van der Waals surface area (Å²) in [6, 6.07) is 9.76. The first-order valence-electron chi connectivity index (χ1n) is 5.44. The molecule has 5 heteroatoms. The molecule has 0 aliphatic carbocycles. The molecule has 5 nitrogen and oxygen atoms in total. The summed E-state index contributed by atoms with van der Waals surface area (Å²) in [4.78, 5) is 1.55. The Bertz CT molecular complexity index is 423. The first kappa shape index (κ1) is 10.8. The maximum atomic E-state index is 5.43. The zero-order chi connectivity index (χ0) is 11.2. The van der Waals surface area contributed by atoms with Crippen LogP contribution in [-0.2, 0) is 6.42 Å². The van der Waals surface area contributed by atoms with Gasteiger partial charge in [-0.05, 0) is 36.7 Å². The summed E-state index contributed by atoms with van der Waals surface area (Å²) in [5.74, 6) is 0.775. The molecule has 0 aliphatic heterocycles. The van der Waals surface area contributed by atoms with E-state index in [1.54, 1.807) is 4.80 Å². The van der Waals surface area contributed by atoms with Crippen LogP contribution in [0.15, 0.2) is 30.3 Å². The van der Waals surface area contributed by atoms with E-state index in [1.165, 1.54) is 0 Å². The number of nitrogens with zero attached hydrogens (tertiary/aromatic N) is 4. The van der Waals surface area contributed by atoms with Gasteiger partial charge in [-0.2, -0.15) is 0 Å². The lowest BCUT2D eigenvalue weighted by Crippen LogP contribution is -2.01. The standard InChI is InChI=1S/C11H15N5/c12-9-5-4-8-11-13-15-16(14-11)10-6-2-1-3-7-10/h1-3,6-7H,4-5,8-9,12H2. The van der Waals surface area contributed by atoms with Gasteiger partial charge in [0.1, 0.15) is 0 Å². The average molecular weight is 217 g/mol. The molecule has 0 spiro atoms. The third kappa shape index (κ3) is 2.64. The minimum absolute atomic E-state index is 0.715. The number of hydrogen-bond donors (Lipinski definition) is 1. The van der Waals surface area contributed by atoms with Crippen molar-refractivity contribution < 1.29 is 0 Å². The Kier molecular flexibility index (Phi) is 3.61. The second kappa shape index (κ2) is 5.37. The van der Waals surface area contributed by atoms with E-state index >= 15 is 0 Å². The first-order valence-corrected chi connectivity index (χ1v) is 5.44. The summed E-state index contributed by atoms with van der Waals surface area (Å²) in [6.45, 7) is 0.715. The van der Waals surface area contributed by atoms with Gasteiger partial charge in [-0.25, -0.2) is 0 Å². The highest BCUT2D eigenvalue weighted by atomic mass is 15.6. The molecule has 0 fully saturated rings. The third-order valence-corrected chi connectivity index (χ3v) is 2.30. The molecule has 0 bridgehead atoms. The molecule has 0 atom stereocenters. The van der Waals surface area contributed by atoms with E-state index in [0.717, 1.165) is 30.8 Å². The number of rotatable bonds is 5. The molecule has 0 aliphatic rings. The summed E-state index contributed by atoms with van der Waals surface area (Å²) in [5.41, 5.74) is 6.36. The second-order valence-corrected chi connectivity index (χ2v) is 3.58. The van der Waals surface area contributed by atoms with Gasteiger partial charge in [-0.3, -0.25) is 0 Å². The zero-order valence-electron chi connectivity index (χ0n) is 9.08. The minimum atomic E-state index is 0.715. The van der Waals surface area contributed by atoms with Crippen molar-refractivity contribution in [2.24, 2.45) is 5.73 Å². The molecule has 16 heavy (non-hydrogen) atoms. The average Bonchev–Trinajstić information content (AvgIpc) is 2.79. The molecule has 1 aromatic heterocycles. The molecule has 0 amide bonds. The van der Waals surface area contributed by atoms with E-state index in [0.29, 0.717) is 6.54 Å². The molecular formula is C11H15N5. The molecule has 2 aromatic rings. The number of benzene rings is 1. The number of nitrogens with two attached hydrogens (primary N) is 1. The SMILES string of the molecule is NCCCCc1nnn(-c2ccccc2)n1. The van der Waals surface area contributed by atoms with E-state index < -0.39 is 0 Å². The smallest absolute Gasteiger partial charge is 0.175 e. The number of unbranched alkanes of at least 4 members (excludes halogenated alkanes) is 1.